The van der Waals surface area contributed by atoms with E-state index < -0.39 is 0 Å². The van der Waals surface area contributed by atoms with Gasteiger partial charge in [0.05, 0.1) is 17.9 Å². The second kappa shape index (κ2) is 6.16. The third-order valence-electron chi connectivity index (χ3n) is 2.34. The van der Waals surface area contributed by atoms with Crippen molar-refractivity contribution in [3.8, 4) is 0 Å². The van der Waals surface area contributed by atoms with Crippen LogP contribution >= 0.6 is 0 Å². The maximum Gasteiger partial charge on any atom is 0.340 e. The van der Waals surface area contributed by atoms with Crippen molar-refractivity contribution in [2.24, 2.45) is 0 Å². The Morgan fingerprint density at radius 2 is 2.00 bits per heavy atom. The summed E-state index contributed by atoms with van der Waals surface area (Å²) in [7, 11) is 3.83. The molecule has 0 aliphatic carbocycles. The number of nitrogens with zero attached hydrogens (tertiary/aromatic N) is 1. The second-order valence-electron chi connectivity index (χ2n) is 3.90. The summed E-state index contributed by atoms with van der Waals surface area (Å²) in [5, 5.41) is 0. The third-order valence-corrected chi connectivity index (χ3v) is 2.34. The van der Waals surface area contributed by atoms with E-state index in [9.17, 15) is 4.79 Å². The summed E-state index contributed by atoms with van der Waals surface area (Å²) in [5.41, 5.74) is 1.52. The molecule has 0 N–H and O–H groups in total. The van der Waals surface area contributed by atoms with E-state index in [1.807, 2.05) is 37.2 Å². The maximum atomic E-state index is 11.8. The molecule has 88 valence electrons. The molecular formula is C13H19NO2. The molecular weight excluding hydrogens is 202 g/mol. The summed E-state index contributed by atoms with van der Waals surface area (Å²) in [6.07, 6.45) is 1.94. The number of hydrogen-bond donors (Lipinski definition) is 0. The van der Waals surface area contributed by atoms with Crippen molar-refractivity contribution in [2.45, 2.75) is 19.8 Å². The lowest BCUT2D eigenvalue weighted by Crippen LogP contribution is -2.15. The quantitative estimate of drug-likeness (QED) is 0.565. The Morgan fingerprint density at radius 1 is 1.31 bits per heavy atom. The number of carbonyl (C=O) groups is 1. The first-order chi connectivity index (χ1) is 7.66. The summed E-state index contributed by atoms with van der Waals surface area (Å²) in [6, 6.07) is 7.47. The number of para-hydroxylation sites is 1. The highest BCUT2D eigenvalue weighted by Crippen LogP contribution is 2.18. The molecule has 0 saturated heterocycles. The fourth-order valence-corrected chi connectivity index (χ4v) is 1.42. The monoisotopic (exact) mass is 221 g/mol. The van der Waals surface area contributed by atoms with E-state index in [4.69, 9.17) is 4.74 Å². The lowest BCUT2D eigenvalue weighted by molar-refractivity contribution is 0.0500. The first kappa shape index (κ1) is 12.6. The molecule has 3 heteroatoms. The number of hydrogen-bond acceptors (Lipinski definition) is 3. The predicted molar refractivity (Wildman–Crippen MR) is 66.0 cm³/mol. The highest BCUT2D eigenvalue weighted by Gasteiger charge is 2.12. The minimum absolute atomic E-state index is 0.238. The molecule has 0 radical (unpaired) electrons. The van der Waals surface area contributed by atoms with Crippen LogP contribution in [-0.4, -0.2) is 26.7 Å². The van der Waals surface area contributed by atoms with Gasteiger partial charge in [-0.1, -0.05) is 25.5 Å². The highest BCUT2D eigenvalue weighted by molar-refractivity contribution is 5.95. The van der Waals surface area contributed by atoms with Crippen LogP contribution in [0.25, 0.3) is 0 Å². The SMILES string of the molecule is CCCCOC(=O)c1ccccc1N(C)C. The van der Waals surface area contributed by atoms with Crippen LogP contribution in [0.2, 0.25) is 0 Å². The summed E-state index contributed by atoms with van der Waals surface area (Å²) < 4.78 is 5.19. The van der Waals surface area contributed by atoms with E-state index in [0.717, 1.165) is 18.5 Å². The van der Waals surface area contributed by atoms with Crippen LogP contribution in [0.15, 0.2) is 24.3 Å². The van der Waals surface area contributed by atoms with Crippen LogP contribution in [0.5, 0.6) is 0 Å². The van der Waals surface area contributed by atoms with Crippen molar-refractivity contribution in [1.82, 2.24) is 0 Å². The number of benzene rings is 1. The number of ether oxygens (including phenoxy) is 1. The molecule has 1 aromatic rings. The maximum absolute atomic E-state index is 11.8. The summed E-state index contributed by atoms with van der Waals surface area (Å²) in [4.78, 5) is 13.7. The molecule has 0 saturated carbocycles. The van der Waals surface area contributed by atoms with Crippen molar-refractivity contribution >= 4 is 11.7 Å². The average Bonchev–Trinajstić information content (AvgIpc) is 2.29. The van der Waals surface area contributed by atoms with Crippen molar-refractivity contribution in [3.05, 3.63) is 29.8 Å². The van der Waals surface area contributed by atoms with Crippen LogP contribution < -0.4 is 4.90 Å². The minimum atomic E-state index is -0.238. The molecule has 1 rings (SSSR count). The molecule has 0 aromatic heterocycles. The number of esters is 1. The van der Waals surface area contributed by atoms with E-state index in [-0.39, 0.29) is 5.97 Å². The fraction of sp³-hybridized carbons (Fsp3) is 0.462. The van der Waals surface area contributed by atoms with E-state index in [2.05, 4.69) is 6.92 Å². The third kappa shape index (κ3) is 3.26. The lowest BCUT2D eigenvalue weighted by Gasteiger charge is -2.16. The second-order valence-corrected chi connectivity index (χ2v) is 3.90. The van der Waals surface area contributed by atoms with E-state index in [1.165, 1.54) is 0 Å². The average molecular weight is 221 g/mol. The Balaban J connectivity index is 2.74. The molecule has 3 nitrogen and oxygen atoms in total. The minimum Gasteiger partial charge on any atom is -0.462 e. The van der Waals surface area contributed by atoms with Gasteiger partial charge < -0.3 is 9.64 Å². The Bertz CT molecular complexity index is 348. The topological polar surface area (TPSA) is 29.5 Å². The van der Waals surface area contributed by atoms with Gasteiger partial charge in [-0.2, -0.15) is 0 Å². The molecule has 0 spiro atoms. The predicted octanol–water partition coefficient (Wildman–Crippen LogP) is 2.71. The van der Waals surface area contributed by atoms with Gasteiger partial charge in [0, 0.05) is 14.1 Å². The van der Waals surface area contributed by atoms with E-state index in [0.29, 0.717) is 12.2 Å². The van der Waals surface area contributed by atoms with Crippen molar-refractivity contribution in [2.75, 3.05) is 25.6 Å². The van der Waals surface area contributed by atoms with Crippen molar-refractivity contribution in [3.63, 3.8) is 0 Å². The molecule has 0 amide bonds. The Morgan fingerprint density at radius 3 is 2.62 bits per heavy atom. The van der Waals surface area contributed by atoms with Crippen molar-refractivity contribution in [1.29, 1.82) is 0 Å². The normalized spacial score (nSPS) is 9.94. The molecule has 0 aliphatic heterocycles. The molecule has 16 heavy (non-hydrogen) atoms. The summed E-state index contributed by atoms with van der Waals surface area (Å²) >= 11 is 0. The zero-order valence-corrected chi connectivity index (χ0v) is 10.2. The number of unbranched alkanes of at least 4 members (excludes halogenated alkanes) is 1. The Hall–Kier alpha value is -1.51. The first-order valence-electron chi connectivity index (χ1n) is 5.60. The van der Waals surface area contributed by atoms with Gasteiger partial charge in [-0.3, -0.25) is 0 Å². The smallest absolute Gasteiger partial charge is 0.340 e. The van der Waals surface area contributed by atoms with E-state index >= 15 is 0 Å². The lowest BCUT2D eigenvalue weighted by atomic mass is 10.1. The molecule has 0 atom stereocenters. The van der Waals surface area contributed by atoms with Gasteiger partial charge in [-0.15, -0.1) is 0 Å². The Kier molecular flexibility index (Phi) is 4.83. The molecule has 1 aromatic carbocycles. The van der Waals surface area contributed by atoms with Gasteiger partial charge in [0.25, 0.3) is 0 Å². The standard InChI is InChI=1S/C13H19NO2/c1-4-5-10-16-13(15)11-8-6-7-9-12(11)14(2)3/h6-9H,4-5,10H2,1-3H3. The molecule has 0 bridgehead atoms. The first-order valence-corrected chi connectivity index (χ1v) is 5.60. The molecule has 0 fully saturated rings. The fourth-order valence-electron chi connectivity index (χ4n) is 1.42. The van der Waals surface area contributed by atoms with Gasteiger partial charge in [-0.05, 0) is 18.6 Å². The Labute approximate surface area is 97.0 Å². The van der Waals surface area contributed by atoms with Gasteiger partial charge in [-0.25, -0.2) is 4.79 Å². The highest BCUT2D eigenvalue weighted by atomic mass is 16.5. The summed E-state index contributed by atoms with van der Waals surface area (Å²) in [6.45, 7) is 2.57. The zero-order chi connectivity index (χ0) is 12.0. The van der Waals surface area contributed by atoms with Crippen LogP contribution in [0.3, 0.4) is 0 Å². The summed E-state index contributed by atoms with van der Waals surface area (Å²) in [5.74, 6) is -0.238. The van der Waals surface area contributed by atoms with Crippen LogP contribution in [0, 0.1) is 0 Å². The van der Waals surface area contributed by atoms with Crippen LogP contribution in [0.1, 0.15) is 30.1 Å². The molecule has 0 heterocycles. The van der Waals surface area contributed by atoms with Gasteiger partial charge in [0.15, 0.2) is 0 Å². The number of rotatable bonds is 5. The number of carbonyl (C=O) groups excluding carboxylic acids is 1. The van der Waals surface area contributed by atoms with Gasteiger partial charge in [0.2, 0.25) is 0 Å². The zero-order valence-electron chi connectivity index (χ0n) is 10.2. The van der Waals surface area contributed by atoms with Crippen LogP contribution in [-0.2, 0) is 4.74 Å². The van der Waals surface area contributed by atoms with Crippen LogP contribution in [0.4, 0.5) is 5.69 Å². The largest absolute Gasteiger partial charge is 0.462 e. The van der Waals surface area contributed by atoms with Gasteiger partial charge >= 0.3 is 5.97 Å². The van der Waals surface area contributed by atoms with Gasteiger partial charge in [0.1, 0.15) is 0 Å². The number of anilines is 1. The van der Waals surface area contributed by atoms with E-state index in [1.54, 1.807) is 6.07 Å². The van der Waals surface area contributed by atoms with Crippen molar-refractivity contribution < 1.29 is 9.53 Å². The molecule has 0 aliphatic rings. The molecule has 0 unspecified atom stereocenters.